The Morgan fingerprint density at radius 2 is 1.88 bits per heavy atom. The molecule has 0 saturated heterocycles. The zero-order valence-electron chi connectivity index (χ0n) is 11.5. The predicted octanol–water partition coefficient (Wildman–Crippen LogP) is 4.60. The SMILES string of the molecule is Cc1ccc(OCCCCSC(C)C)cc1C. The summed E-state index contributed by atoms with van der Waals surface area (Å²) in [7, 11) is 0. The van der Waals surface area contributed by atoms with E-state index in [1.807, 2.05) is 11.8 Å². The molecular weight excluding hydrogens is 228 g/mol. The van der Waals surface area contributed by atoms with Crippen molar-refractivity contribution in [2.45, 2.75) is 45.8 Å². The molecule has 0 unspecified atom stereocenters. The lowest BCUT2D eigenvalue weighted by Crippen LogP contribution is -1.99. The molecule has 1 aromatic carbocycles. The number of ether oxygens (including phenoxy) is 1. The number of hydrogen-bond donors (Lipinski definition) is 0. The molecule has 0 saturated carbocycles. The fourth-order valence-corrected chi connectivity index (χ4v) is 2.36. The Bertz CT molecular complexity index is 334. The molecule has 0 atom stereocenters. The van der Waals surface area contributed by atoms with Gasteiger partial charge in [-0.3, -0.25) is 0 Å². The number of benzene rings is 1. The highest BCUT2D eigenvalue weighted by molar-refractivity contribution is 7.99. The van der Waals surface area contributed by atoms with Crippen LogP contribution >= 0.6 is 11.8 Å². The fourth-order valence-electron chi connectivity index (χ4n) is 1.52. The highest BCUT2D eigenvalue weighted by atomic mass is 32.2. The van der Waals surface area contributed by atoms with Gasteiger partial charge < -0.3 is 4.74 Å². The summed E-state index contributed by atoms with van der Waals surface area (Å²) in [5.41, 5.74) is 2.63. The standard InChI is InChI=1S/C15H24OS/c1-12(2)17-10-6-5-9-16-15-8-7-13(3)14(4)11-15/h7-8,11-12H,5-6,9-10H2,1-4H3. The monoisotopic (exact) mass is 252 g/mol. The molecule has 2 heteroatoms. The van der Waals surface area contributed by atoms with Gasteiger partial charge in [0.2, 0.25) is 0 Å². The van der Waals surface area contributed by atoms with Gasteiger partial charge in [-0.05, 0) is 61.0 Å². The van der Waals surface area contributed by atoms with Crippen LogP contribution in [0.1, 0.15) is 37.8 Å². The van der Waals surface area contributed by atoms with Crippen LogP contribution in [0, 0.1) is 13.8 Å². The number of aryl methyl sites for hydroxylation is 2. The van der Waals surface area contributed by atoms with Crippen molar-refractivity contribution >= 4 is 11.8 Å². The number of thioether (sulfide) groups is 1. The first-order valence-electron chi connectivity index (χ1n) is 6.41. The molecule has 0 radical (unpaired) electrons. The van der Waals surface area contributed by atoms with E-state index in [0.717, 1.165) is 24.0 Å². The summed E-state index contributed by atoms with van der Waals surface area (Å²) in [4.78, 5) is 0. The molecule has 0 fully saturated rings. The summed E-state index contributed by atoms with van der Waals surface area (Å²) in [6, 6.07) is 6.31. The highest BCUT2D eigenvalue weighted by Crippen LogP contribution is 2.17. The van der Waals surface area contributed by atoms with Crippen LogP contribution in [0.25, 0.3) is 0 Å². The average Bonchev–Trinajstić information content (AvgIpc) is 2.27. The van der Waals surface area contributed by atoms with E-state index in [2.05, 4.69) is 45.9 Å². The van der Waals surface area contributed by atoms with Crippen LogP contribution in [-0.2, 0) is 0 Å². The van der Waals surface area contributed by atoms with Gasteiger partial charge in [-0.1, -0.05) is 19.9 Å². The summed E-state index contributed by atoms with van der Waals surface area (Å²) in [6.07, 6.45) is 2.39. The van der Waals surface area contributed by atoms with Crippen LogP contribution in [-0.4, -0.2) is 17.6 Å². The molecule has 0 aliphatic rings. The van der Waals surface area contributed by atoms with Crippen LogP contribution < -0.4 is 4.74 Å². The lowest BCUT2D eigenvalue weighted by atomic mass is 10.1. The van der Waals surface area contributed by atoms with Gasteiger partial charge in [0, 0.05) is 0 Å². The van der Waals surface area contributed by atoms with Gasteiger partial charge in [-0.15, -0.1) is 0 Å². The molecule has 0 aliphatic carbocycles. The first-order chi connectivity index (χ1) is 8.09. The third kappa shape index (κ3) is 6.02. The minimum atomic E-state index is 0.746. The van der Waals surface area contributed by atoms with Gasteiger partial charge in [0.25, 0.3) is 0 Å². The maximum Gasteiger partial charge on any atom is 0.119 e. The average molecular weight is 252 g/mol. The Labute approximate surface area is 110 Å². The topological polar surface area (TPSA) is 9.23 Å². The lowest BCUT2D eigenvalue weighted by molar-refractivity contribution is 0.309. The molecule has 0 aliphatic heterocycles. The van der Waals surface area contributed by atoms with Gasteiger partial charge in [0.1, 0.15) is 5.75 Å². The van der Waals surface area contributed by atoms with E-state index >= 15 is 0 Å². The molecule has 0 N–H and O–H groups in total. The van der Waals surface area contributed by atoms with Crippen molar-refractivity contribution in [1.29, 1.82) is 0 Å². The van der Waals surface area contributed by atoms with E-state index in [9.17, 15) is 0 Å². The van der Waals surface area contributed by atoms with Crippen molar-refractivity contribution in [3.8, 4) is 5.75 Å². The summed E-state index contributed by atoms with van der Waals surface area (Å²) < 4.78 is 5.74. The molecule has 1 rings (SSSR count). The van der Waals surface area contributed by atoms with Crippen molar-refractivity contribution in [3.63, 3.8) is 0 Å². The zero-order chi connectivity index (χ0) is 12.7. The van der Waals surface area contributed by atoms with Gasteiger partial charge in [0.15, 0.2) is 0 Å². The first-order valence-corrected chi connectivity index (χ1v) is 7.46. The largest absolute Gasteiger partial charge is 0.494 e. The zero-order valence-corrected chi connectivity index (χ0v) is 12.3. The van der Waals surface area contributed by atoms with E-state index in [4.69, 9.17) is 4.74 Å². The molecular formula is C15H24OS. The van der Waals surface area contributed by atoms with Crippen molar-refractivity contribution in [2.24, 2.45) is 0 Å². The van der Waals surface area contributed by atoms with Crippen molar-refractivity contribution in [2.75, 3.05) is 12.4 Å². The van der Waals surface area contributed by atoms with Gasteiger partial charge in [0.05, 0.1) is 6.61 Å². The lowest BCUT2D eigenvalue weighted by Gasteiger charge is -2.08. The molecule has 0 amide bonds. The van der Waals surface area contributed by atoms with E-state index in [-0.39, 0.29) is 0 Å². The summed E-state index contributed by atoms with van der Waals surface area (Å²) in [6.45, 7) is 9.58. The molecule has 96 valence electrons. The predicted molar refractivity (Wildman–Crippen MR) is 78.2 cm³/mol. The number of rotatable bonds is 7. The molecule has 0 aromatic heterocycles. The third-order valence-electron chi connectivity index (χ3n) is 2.74. The Hall–Kier alpha value is -0.630. The van der Waals surface area contributed by atoms with Crippen LogP contribution in [0.3, 0.4) is 0 Å². The second kappa shape index (κ2) is 7.65. The summed E-state index contributed by atoms with van der Waals surface area (Å²) in [5.74, 6) is 2.25. The quantitative estimate of drug-likeness (QED) is 0.656. The molecule has 0 heterocycles. The molecule has 1 aromatic rings. The normalized spacial score (nSPS) is 10.9. The summed E-state index contributed by atoms with van der Waals surface area (Å²) >= 11 is 2.03. The van der Waals surface area contributed by atoms with E-state index < -0.39 is 0 Å². The smallest absolute Gasteiger partial charge is 0.119 e. The van der Waals surface area contributed by atoms with Crippen LogP contribution in [0.5, 0.6) is 5.75 Å². The molecule has 0 spiro atoms. The van der Waals surface area contributed by atoms with Crippen molar-refractivity contribution in [3.05, 3.63) is 29.3 Å². The Kier molecular flexibility index (Phi) is 6.49. The highest BCUT2D eigenvalue weighted by Gasteiger charge is 1.98. The van der Waals surface area contributed by atoms with Gasteiger partial charge >= 0.3 is 0 Å². The van der Waals surface area contributed by atoms with Gasteiger partial charge in [-0.2, -0.15) is 11.8 Å². The minimum absolute atomic E-state index is 0.746. The first kappa shape index (κ1) is 14.4. The fraction of sp³-hybridized carbons (Fsp3) is 0.600. The van der Waals surface area contributed by atoms with Crippen LogP contribution in [0.15, 0.2) is 18.2 Å². The molecule has 17 heavy (non-hydrogen) atoms. The maximum absolute atomic E-state index is 5.74. The maximum atomic E-state index is 5.74. The minimum Gasteiger partial charge on any atom is -0.494 e. The van der Waals surface area contributed by atoms with Crippen LogP contribution in [0.4, 0.5) is 0 Å². The van der Waals surface area contributed by atoms with E-state index in [0.29, 0.717) is 0 Å². The van der Waals surface area contributed by atoms with Crippen molar-refractivity contribution in [1.82, 2.24) is 0 Å². The van der Waals surface area contributed by atoms with E-state index in [1.165, 1.54) is 23.3 Å². The molecule has 0 bridgehead atoms. The Morgan fingerprint density at radius 3 is 2.53 bits per heavy atom. The molecule has 1 nitrogen and oxygen atoms in total. The van der Waals surface area contributed by atoms with E-state index in [1.54, 1.807) is 0 Å². The number of hydrogen-bond acceptors (Lipinski definition) is 2. The summed E-state index contributed by atoms with van der Waals surface area (Å²) in [5, 5.41) is 0.746. The van der Waals surface area contributed by atoms with Crippen molar-refractivity contribution < 1.29 is 4.74 Å². The van der Waals surface area contributed by atoms with Gasteiger partial charge in [-0.25, -0.2) is 0 Å². The second-order valence-corrected chi connectivity index (χ2v) is 6.41. The Balaban J connectivity index is 2.16. The third-order valence-corrected chi connectivity index (χ3v) is 3.93. The second-order valence-electron chi connectivity index (χ2n) is 4.72. The van der Waals surface area contributed by atoms with Crippen LogP contribution in [0.2, 0.25) is 0 Å². The number of unbranched alkanes of at least 4 members (excludes halogenated alkanes) is 1. The Morgan fingerprint density at radius 1 is 1.12 bits per heavy atom.